The highest BCUT2D eigenvalue weighted by atomic mass is 32.1. The summed E-state index contributed by atoms with van der Waals surface area (Å²) < 4.78 is 5.27. The van der Waals surface area contributed by atoms with Crippen LogP contribution in [-0.2, 0) is 0 Å². The number of hydrogen-bond acceptors (Lipinski definition) is 6. The van der Waals surface area contributed by atoms with Crippen molar-refractivity contribution in [3.63, 3.8) is 0 Å². The number of nitro benzene ring substituents is 1. The van der Waals surface area contributed by atoms with E-state index in [1.54, 1.807) is 5.38 Å². The van der Waals surface area contributed by atoms with Crippen molar-refractivity contribution < 1.29 is 19.6 Å². The van der Waals surface area contributed by atoms with Crippen LogP contribution in [0.3, 0.4) is 0 Å². The van der Waals surface area contributed by atoms with Crippen LogP contribution in [0.4, 0.5) is 5.69 Å². The summed E-state index contributed by atoms with van der Waals surface area (Å²) in [7, 11) is 0. The van der Waals surface area contributed by atoms with Gasteiger partial charge in [-0.15, -0.1) is 0 Å². The zero-order valence-electron chi connectivity index (χ0n) is 8.77. The summed E-state index contributed by atoms with van der Waals surface area (Å²) in [5.41, 5.74) is -0.900. The molecule has 0 fully saturated rings. The van der Waals surface area contributed by atoms with Gasteiger partial charge in [0, 0.05) is 23.7 Å². The Kier molecular flexibility index (Phi) is 3.20. The fourth-order valence-electron chi connectivity index (χ4n) is 1.27. The maximum atomic E-state index is 10.9. The van der Waals surface area contributed by atoms with Crippen molar-refractivity contribution in [2.75, 3.05) is 0 Å². The van der Waals surface area contributed by atoms with E-state index in [1.165, 1.54) is 23.6 Å². The number of carboxylic acids is 1. The molecule has 0 radical (unpaired) electrons. The molecule has 2 aromatic rings. The van der Waals surface area contributed by atoms with Crippen molar-refractivity contribution >= 4 is 23.0 Å². The van der Waals surface area contributed by atoms with Crippen LogP contribution in [0.2, 0.25) is 0 Å². The Hall–Kier alpha value is -2.48. The molecule has 0 bridgehead atoms. The first-order valence-electron chi connectivity index (χ1n) is 4.67. The third-order valence-electron chi connectivity index (χ3n) is 2.01. The van der Waals surface area contributed by atoms with Crippen LogP contribution in [-0.4, -0.2) is 21.0 Å². The number of nitrogens with zero attached hydrogens (tertiary/aromatic N) is 2. The fourth-order valence-corrected chi connectivity index (χ4v) is 1.77. The minimum Gasteiger partial charge on any atom is -0.477 e. The highest BCUT2D eigenvalue weighted by molar-refractivity contribution is 7.11. The van der Waals surface area contributed by atoms with Gasteiger partial charge in [-0.3, -0.25) is 10.1 Å². The first kappa shape index (κ1) is 12.0. The number of aromatic carboxylic acids is 1. The van der Waals surface area contributed by atoms with Crippen LogP contribution in [0.5, 0.6) is 10.9 Å². The van der Waals surface area contributed by atoms with Crippen molar-refractivity contribution in [2.24, 2.45) is 0 Å². The number of thiazole rings is 1. The number of nitro groups is 1. The average molecular weight is 266 g/mol. The molecular weight excluding hydrogens is 260 g/mol. The predicted octanol–water partition coefficient (Wildman–Crippen LogP) is 2.54. The first-order valence-corrected chi connectivity index (χ1v) is 5.55. The van der Waals surface area contributed by atoms with E-state index in [2.05, 4.69) is 4.98 Å². The molecule has 0 atom stereocenters. The van der Waals surface area contributed by atoms with Gasteiger partial charge >= 0.3 is 5.97 Å². The normalized spacial score (nSPS) is 10.0. The fraction of sp³-hybridized carbons (Fsp3) is 0. The van der Waals surface area contributed by atoms with Crippen molar-refractivity contribution in [3.8, 4) is 10.9 Å². The second-order valence-electron chi connectivity index (χ2n) is 3.14. The summed E-state index contributed by atoms with van der Waals surface area (Å²) >= 11 is 1.23. The van der Waals surface area contributed by atoms with Gasteiger partial charge in [0.05, 0.1) is 4.92 Å². The molecule has 0 aliphatic rings. The van der Waals surface area contributed by atoms with Gasteiger partial charge < -0.3 is 9.84 Å². The van der Waals surface area contributed by atoms with Crippen LogP contribution < -0.4 is 4.74 Å². The Labute approximate surface area is 104 Å². The van der Waals surface area contributed by atoms with Crippen LogP contribution in [0.15, 0.2) is 29.8 Å². The van der Waals surface area contributed by atoms with Crippen LogP contribution in [0, 0.1) is 10.1 Å². The quantitative estimate of drug-likeness (QED) is 0.673. The van der Waals surface area contributed by atoms with E-state index < -0.39 is 22.1 Å². The SMILES string of the molecule is O=C(O)c1cc(Oc2nccs2)ccc1[N+](=O)[O-]. The Morgan fingerprint density at radius 3 is 2.83 bits per heavy atom. The van der Waals surface area contributed by atoms with Gasteiger partial charge in [-0.2, -0.15) is 0 Å². The highest BCUT2D eigenvalue weighted by Gasteiger charge is 2.20. The monoisotopic (exact) mass is 266 g/mol. The van der Waals surface area contributed by atoms with Crippen molar-refractivity contribution in [1.29, 1.82) is 0 Å². The summed E-state index contributed by atoms with van der Waals surface area (Å²) in [6, 6.07) is 3.51. The molecule has 0 amide bonds. The first-order chi connectivity index (χ1) is 8.58. The Bertz CT molecular complexity index is 596. The number of benzene rings is 1. The van der Waals surface area contributed by atoms with Crippen LogP contribution in [0.25, 0.3) is 0 Å². The third kappa shape index (κ3) is 2.43. The molecule has 0 spiro atoms. The van der Waals surface area contributed by atoms with E-state index in [0.717, 1.165) is 12.1 Å². The number of aromatic nitrogens is 1. The van der Waals surface area contributed by atoms with E-state index >= 15 is 0 Å². The summed E-state index contributed by atoms with van der Waals surface area (Å²) in [6.45, 7) is 0. The standard InChI is InChI=1S/C10H6N2O5S/c13-9(14)7-5-6(1-2-8(7)12(15)16)17-10-11-3-4-18-10/h1-5H,(H,13,14). The van der Waals surface area contributed by atoms with E-state index in [4.69, 9.17) is 9.84 Å². The van der Waals surface area contributed by atoms with E-state index in [0.29, 0.717) is 5.19 Å². The largest absolute Gasteiger partial charge is 0.477 e. The number of ether oxygens (including phenoxy) is 1. The summed E-state index contributed by atoms with van der Waals surface area (Å²) in [5.74, 6) is -1.20. The molecular formula is C10H6N2O5S. The molecule has 0 unspecified atom stereocenters. The average Bonchev–Trinajstić information content (AvgIpc) is 2.81. The molecule has 1 heterocycles. The second-order valence-corrected chi connectivity index (χ2v) is 4.00. The molecule has 0 aliphatic heterocycles. The van der Waals surface area contributed by atoms with Gasteiger partial charge in [-0.05, 0) is 6.07 Å². The van der Waals surface area contributed by atoms with Crippen LogP contribution in [0.1, 0.15) is 10.4 Å². The zero-order valence-corrected chi connectivity index (χ0v) is 9.59. The van der Waals surface area contributed by atoms with Gasteiger partial charge in [0.15, 0.2) is 0 Å². The molecule has 2 rings (SSSR count). The molecule has 8 heteroatoms. The van der Waals surface area contributed by atoms with E-state index in [1.807, 2.05) is 0 Å². The maximum Gasteiger partial charge on any atom is 0.342 e. The molecule has 0 saturated carbocycles. The number of hydrogen-bond donors (Lipinski definition) is 1. The van der Waals surface area contributed by atoms with Gasteiger partial charge in [-0.25, -0.2) is 9.78 Å². The van der Waals surface area contributed by atoms with Gasteiger partial charge in [0.2, 0.25) is 0 Å². The van der Waals surface area contributed by atoms with Crippen LogP contribution >= 0.6 is 11.3 Å². The lowest BCUT2D eigenvalue weighted by Gasteiger charge is -2.03. The minimum atomic E-state index is -1.38. The predicted molar refractivity (Wildman–Crippen MR) is 62.2 cm³/mol. The Morgan fingerprint density at radius 1 is 1.50 bits per heavy atom. The molecule has 0 aliphatic carbocycles. The number of carbonyl (C=O) groups is 1. The van der Waals surface area contributed by atoms with Gasteiger partial charge in [0.25, 0.3) is 10.9 Å². The minimum absolute atomic E-state index is 0.188. The molecule has 1 aromatic carbocycles. The Morgan fingerprint density at radius 2 is 2.28 bits per heavy atom. The lowest BCUT2D eigenvalue weighted by Crippen LogP contribution is -2.02. The van der Waals surface area contributed by atoms with Gasteiger partial charge in [-0.1, -0.05) is 11.3 Å². The topological polar surface area (TPSA) is 103 Å². The smallest absolute Gasteiger partial charge is 0.342 e. The van der Waals surface area contributed by atoms with Crippen molar-refractivity contribution in [1.82, 2.24) is 4.98 Å². The lowest BCUT2D eigenvalue weighted by molar-refractivity contribution is -0.385. The summed E-state index contributed by atoms with van der Waals surface area (Å²) in [5, 5.41) is 21.6. The maximum absolute atomic E-state index is 10.9. The summed E-state index contributed by atoms with van der Waals surface area (Å²) in [4.78, 5) is 24.7. The lowest BCUT2D eigenvalue weighted by atomic mass is 10.2. The highest BCUT2D eigenvalue weighted by Crippen LogP contribution is 2.28. The van der Waals surface area contributed by atoms with E-state index in [-0.39, 0.29) is 5.75 Å². The van der Waals surface area contributed by atoms with Gasteiger partial charge in [0.1, 0.15) is 11.3 Å². The molecule has 0 saturated heterocycles. The molecule has 7 nitrogen and oxygen atoms in total. The molecule has 92 valence electrons. The summed E-state index contributed by atoms with van der Waals surface area (Å²) in [6.07, 6.45) is 1.53. The number of rotatable bonds is 4. The number of carboxylic acid groups (broad SMARTS) is 1. The van der Waals surface area contributed by atoms with E-state index in [9.17, 15) is 14.9 Å². The van der Waals surface area contributed by atoms with Crippen molar-refractivity contribution in [2.45, 2.75) is 0 Å². The second kappa shape index (κ2) is 4.80. The molecule has 1 N–H and O–H groups in total. The third-order valence-corrected chi connectivity index (χ3v) is 2.66. The molecule has 18 heavy (non-hydrogen) atoms. The Balaban J connectivity index is 2.37. The molecule has 1 aromatic heterocycles. The van der Waals surface area contributed by atoms with Crippen molar-refractivity contribution in [3.05, 3.63) is 45.5 Å². The zero-order chi connectivity index (χ0) is 13.1.